The molecule has 0 spiro atoms. The molecule has 0 atom stereocenters. The van der Waals surface area contributed by atoms with E-state index >= 15 is 0 Å². The second kappa shape index (κ2) is 7.98. The molecule has 0 unspecified atom stereocenters. The third-order valence-electron chi connectivity index (χ3n) is 3.30. The molecule has 0 aromatic heterocycles. The summed E-state index contributed by atoms with van der Waals surface area (Å²) in [7, 11) is 1.55. The zero-order chi connectivity index (χ0) is 15.5. The molecule has 1 saturated carbocycles. The molecule has 2 N–H and O–H groups in total. The molecular formula is C14H18F4IN3. The minimum atomic E-state index is -4.58. The van der Waals surface area contributed by atoms with Crippen LogP contribution in [0.3, 0.4) is 0 Å². The van der Waals surface area contributed by atoms with Gasteiger partial charge >= 0.3 is 6.18 Å². The van der Waals surface area contributed by atoms with Crippen LogP contribution in [0, 0.1) is 11.7 Å². The van der Waals surface area contributed by atoms with E-state index in [2.05, 4.69) is 15.6 Å². The summed E-state index contributed by atoms with van der Waals surface area (Å²) in [5.74, 6) is 0.168. The van der Waals surface area contributed by atoms with Gasteiger partial charge < -0.3 is 10.6 Å². The van der Waals surface area contributed by atoms with Gasteiger partial charge in [0.1, 0.15) is 5.82 Å². The van der Waals surface area contributed by atoms with Crippen molar-refractivity contribution in [2.75, 3.05) is 13.6 Å². The number of rotatable bonds is 4. The first-order valence-electron chi connectivity index (χ1n) is 6.70. The molecule has 0 saturated heterocycles. The van der Waals surface area contributed by atoms with Crippen molar-refractivity contribution in [1.29, 1.82) is 0 Å². The van der Waals surface area contributed by atoms with Gasteiger partial charge in [-0.15, -0.1) is 24.0 Å². The van der Waals surface area contributed by atoms with E-state index in [1.165, 1.54) is 12.8 Å². The van der Waals surface area contributed by atoms with Gasteiger partial charge in [-0.25, -0.2) is 4.39 Å². The molecule has 0 amide bonds. The summed E-state index contributed by atoms with van der Waals surface area (Å²) in [5.41, 5.74) is -0.981. The largest absolute Gasteiger partial charge is 0.416 e. The molecule has 2 rings (SSSR count). The van der Waals surface area contributed by atoms with Crippen molar-refractivity contribution in [2.24, 2.45) is 10.9 Å². The van der Waals surface area contributed by atoms with Crippen molar-refractivity contribution in [3.8, 4) is 0 Å². The molecule has 1 aliphatic rings. The Morgan fingerprint density at radius 3 is 2.50 bits per heavy atom. The number of hydrogen-bond donors (Lipinski definition) is 2. The maximum Gasteiger partial charge on any atom is 0.416 e. The number of guanidine groups is 1. The first-order chi connectivity index (χ1) is 9.90. The van der Waals surface area contributed by atoms with Gasteiger partial charge in [-0.1, -0.05) is 6.07 Å². The summed E-state index contributed by atoms with van der Waals surface area (Å²) < 4.78 is 51.6. The first kappa shape index (κ1) is 19.0. The third kappa shape index (κ3) is 5.62. The predicted molar refractivity (Wildman–Crippen MR) is 87.7 cm³/mol. The zero-order valence-electron chi connectivity index (χ0n) is 12.0. The highest BCUT2D eigenvalue weighted by Crippen LogP contribution is 2.32. The van der Waals surface area contributed by atoms with Gasteiger partial charge in [0, 0.05) is 20.1 Å². The van der Waals surface area contributed by atoms with E-state index in [-0.39, 0.29) is 36.1 Å². The Bertz CT molecular complexity index is 527. The number of nitrogens with one attached hydrogen (secondary N) is 2. The fraction of sp³-hybridized carbons (Fsp3) is 0.500. The lowest BCUT2D eigenvalue weighted by Crippen LogP contribution is -2.38. The fourth-order valence-electron chi connectivity index (χ4n) is 1.93. The van der Waals surface area contributed by atoms with E-state index in [4.69, 9.17) is 0 Å². The van der Waals surface area contributed by atoms with Crippen LogP contribution in [0.2, 0.25) is 0 Å². The summed E-state index contributed by atoms with van der Waals surface area (Å²) in [5, 5.41) is 5.87. The molecule has 0 bridgehead atoms. The minimum absolute atomic E-state index is 0. The van der Waals surface area contributed by atoms with E-state index in [1.807, 2.05) is 0 Å². The van der Waals surface area contributed by atoms with Gasteiger partial charge in [0.2, 0.25) is 0 Å². The predicted octanol–water partition coefficient (Wildman–Crippen LogP) is 3.54. The standard InChI is InChI=1S/C14H17F4N3.HI/c1-19-13(20-7-9-2-3-9)21-8-10-4-5-11(15)6-12(10)14(16,17)18;/h4-6,9H,2-3,7-8H2,1H3,(H2,19,20,21);1H. The smallest absolute Gasteiger partial charge is 0.356 e. The summed E-state index contributed by atoms with van der Waals surface area (Å²) >= 11 is 0. The van der Waals surface area contributed by atoms with E-state index in [0.717, 1.165) is 18.7 Å². The van der Waals surface area contributed by atoms with Crippen molar-refractivity contribution >= 4 is 29.9 Å². The molecule has 8 heteroatoms. The summed E-state index contributed by atoms with van der Waals surface area (Å²) in [4.78, 5) is 3.95. The molecule has 124 valence electrons. The molecule has 1 aliphatic carbocycles. The third-order valence-corrected chi connectivity index (χ3v) is 3.30. The van der Waals surface area contributed by atoms with Gasteiger partial charge in [-0.05, 0) is 36.5 Å². The number of benzene rings is 1. The van der Waals surface area contributed by atoms with E-state index < -0.39 is 17.6 Å². The summed E-state index contributed by atoms with van der Waals surface area (Å²) in [6, 6.07) is 2.67. The first-order valence-corrected chi connectivity index (χ1v) is 6.70. The highest BCUT2D eigenvalue weighted by molar-refractivity contribution is 14.0. The fourth-order valence-corrected chi connectivity index (χ4v) is 1.93. The van der Waals surface area contributed by atoms with Gasteiger partial charge in [0.05, 0.1) is 5.56 Å². The van der Waals surface area contributed by atoms with Crippen molar-refractivity contribution in [3.05, 3.63) is 35.1 Å². The van der Waals surface area contributed by atoms with Crippen molar-refractivity contribution < 1.29 is 17.6 Å². The Morgan fingerprint density at radius 1 is 1.27 bits per heavy atom. The maximum atomic E-state index is 13.0. The Balaban J connectivity index is 0.00000242. The lowest BCUT2D eigenvalue weighted by Gasteiger charge is -2.15. The second-order valence-electron chi connectivity index (χ2n) is 5.05. The molecule has 1 aromatic carbocycles. The topological polar surface area (TPSA) is 36.4 Å². The molecule has 3 nitrogen and oxygen atoms in total. The van der Waals surface area contributed by atoms with Crippen LogP contribution < -0.4 is 10.6 Å². The zero-order valence-corrected chi connectivity index (χ0v) is 14.3. The Kier molecular flexibility index (Phi) is 6.89. The quantitative estimate of drug-likeness (QED) is 0.331. The van der Waals surface area contributed by atoms with Crippen molar-refractivity contribution in [2.45, 2.75) is 25.6 Å². The summed E-state index contributed by atoms with van der Waals surface area (Å²) in [6.45, 7) is 0.689. The molecule has 1 aromatic rings. The van der Waals surface area contributed by atoms with Gasteiger partial charge in [-0.2, -0.15) is 13.2 Å². The van der Waals surface area contributed by atoms with Gasteiger partial charge in [0.15, 0.2) is 5.96 Å². The molecular weight excluding hydrogens is 413 g/mol. The molecule has 0 aliphatic heterocycles. The average Bonchev–Trinajstić information content (AvgIpc) is 3.23. The van der Waals surface area contributed by atoms with Crippen molar-refractivity contribution in [1.82, 2.24) is 10.6 Å². The van der Waals surface area contributed by atoms with Crippen LogP contribution in [0.1, 0.15) is 24.0 Å². The summed E-state index contributed by atoms with van der Waals surface area (Å²) in [6.07, 6.45) is -2.25. The number of nitrogens with zero attached hydrogens (tertiary/aromatic N) is 1. The maximum absolute atomic E-state index is 13.0. The second-order valence-corrected chi connectivity index (χ2v) is 5.05. The Labute approximate surface area is 143 Å². The van der Waals surface area contributed by atoms with Gasteiger partial charge in [0.25, 0.3) is 0 Å². The number of alkyl halides is 3. The highest BCUT2D eigenvalue weighted by atomic mass is 127. The monoisotopic (exact) mass is 431 g/mol. The Morgan fingerprint density at radius 2 is 1.95 bits per heavy atom. The number of halogens is 5. The molecule has 1 fully saturated rings. The number of aliphatic imine (C=N–C) groups is 1. The van der Waals surface area contributed by atoms with Crippen LogP contribution in [-0.2, 0) is 12.7 Å². The minimum Gasteiger partial charge on any atom is -0.356 e. The molecule has 0 heterocycles. The number of hydrogen-bond acceptors (Lipinski definition) is 1. The normalized spacial score (nSPS) is 15.2. The van der Waals surface area contributed by atoms with Gasteiger partial charge in [-0.3, -0.25) is 4.99 Å². The van der Waals surface area contributed by atoms with Crippen LogP contribution in [-0.4, -0.2) is 19.6 Å². The highest BCUT2D eigenvalue weighted by Gasteiger charge is 2.33. The van der Waals surface area contributed by atoms with Crippen LogP contribution in [0.4, 0.5) is 17.6 Å². The van der Waals surface area contributed by atoms with E-state index in [0.29, 0.717) is 17.9 Å². The van der Waals surface area contributed by atoms with Crippen LogP contribution in [0.5, 0.6) is 0 Å². The molecule has 0 radical (unpaired) electrons. The SMILES string of the molecule is CN=C(NCc1ccc(F)cc1C(F)(F)F)NCC1CC1.I. The van der Waals surface area contributed by atoms with Crippen LogP contribution in [0.15, 0.2) is 23.2 Å². The van der Waals surface area contributed by atoms with E-state index in [9.17, 15) is 17.6 Å². The molecule has 22 heavy (non-hydrogen) atoms. The Hall–Kier alpha value is -1.06. The van der Waals surface area contributed by atoms with Crippen LogP contribution >= 0.6 is 24.0 Å². The van der Waals surface area contributed by atoms with Crippen molar-refractivity contribution in [3.63, 3.8) is 0 Å². The van der Waals surface area contributed by atoms with Crippen LogP contribution in [0.25, 0.3) is 0 Å². The average molecular weight is 431 g/mol. The lowest BCUT2D eigenvalue weighted by molar-refractivity contribution is -0.138. The van der Waals surface area contributed by atoms with E-state index in [1.54, 1.807) is 7.05 Å². The lowest BCUT2D eigenvalue weighted by atomic mass is 10.1.